The van der Waals surface area contributed by atoms with Gasteiger partial charge in [0.1, 0.15) is 5.15 Å². The fourth-order valence-electron chi connectivity index (χ4n) is 3.07. The zero-order valence-electron chi connectivity index (χ0n) is 14.9. The summed E-state index contributed by atoms with van der Waals surface area (Å²) in [5, 5.41) is 1.41. The molecule has 7 nitrogen and oxygen atoms in total. The van der Waals surface area contributed by atoms with E-state index in [9.17, 15) is 9.59 Å². The van der Waals surface area contributed by atoms with Crippen molar-refractivity contribution < 1.29 is 4.79 Å². The molecule has 0 aliphatic heterocycles. The second-order valence-electron chi connectivity index (χ2n) is 6.09. The monoisotopic (exact) mass is 393 g/mol. The molecule has 140 valence electrons. The van der Waals surface area contributed by atoms with Crippen LogP contribution in [0.15, 0.2) is 59.4 Å². The van der Waals surface area contributed by atoms with Crippen molar-refractivity contribution in [3.63, 3.8) is 0 Å². The Bertz CT molecular complexity index is 1270. The number of carbonyl (C=O) groups is 1. The topological polar surface area (TPSA) is 88.9 Å². The van der Waals surface area contributed by atoms with Crippen molar-refractivity contribution in [2.75, 3.05) is 5.43 Å². The number of para-hydroxylation sites is 2. The van der Waals surface area contributed by atoms with Gasteiger partial charge in [-0.05, 0) is 31.2 Å². The van der Waals surface area contributed by atoms with Crippen LogP contribution in [0.1, 0.15) is 17.3 Å². The molecule has 0 fully saturated rings. The Morgan fingerprint density at radius 1 is 1.04 bits per heavy atom. The Hall–Kier alpha value is -3.45. The smallest absolute Gasteiger partial charge is 0.270 e. The van der Waals surface area contributed by atoms with Gasteiger partial charge in [0.2, 0.25) is 5.95 Å². The Kier molecular flexibility index (Phi) is 4.67. The lowest BCUT2D eigenvalue weighted by Crippen LogP contribution is -2.34. The molecule has 2 aromatic carbocycles. The summed E-state index contributed by atoms with van der Waals surface area (Å²) in [4.78, 5) is 34.1. The summed E-state index contributed by atoms with van der Waals surface area (Å²) in [5.74, 6) is -0.158. The molecule has 4 aromatic rings. The number of hydrogen-bond acceptors (Lipinski definition) is 5. The van der Waals surface area contributed by atoms with Gasteiger partial charge in [-0.3, -0.25) is 25.0 Å². The minimum absolute atomic E-state index is 0.178. The van der Waals surface area contributed by atoms with E-state index in [1.165, 1.54) is 10.6 Å². The summed E-state index contributed by atoms with van der Waals surface area (Å²) < 4.78 is 1.46. The summed E-state index contributed by atoms with van der Waals surface area (Å²) >= 11 is 6.05. The van der Waals surface area contributed by atoms with Crippen molar-refractivity contribution in [2.45, 2.75) is 13.5 Å². The lowest BCUT2D eigenvalue weighted by atomic mass is 10.1. The highest BCUT2D eigenvalue weighted by Crippen LogP contribution is 2.20. The van der Waals surface area contributed by atoms with Gasteiger partial charge in [-0.15, -0.1) is 0 Å². The molecule has 8 heteroatoms. The van der Waals surface area contributed by atoms with Crippen molar-refractivity contribution in [3.05, 3.63) is 75.7 Å². The molecule has 0 aliphatic carbocycles. The van der Waals surface area contributed by atoms with E-state index >= 15 is 0 Å². The van der Waals surface area contributed by atoms with Crippen LogP contribution in [0.2, 0.25) is 5.15 Å². The van der Waals surface area contributed by atoms with Gasteiger partial charge in [-0.25, -0.2) is 9.97 Å². The summed E-state index contributed by atoms with van der Waals surface area (Å²) in [6.07, 6.45) is 0. The number of amides is 1. The molecule has 0 spiro atoms. The zero-order chi connectivity index (χ0) is 19.7. The average Bonchev–Trinajstić information content (AvgIpc) is 2.71. The number of rotatable bonds is 4. The number of nitrogens with zero attached hydrogens (tertiary/aromatic N) is 3. The molecule has 1 amide bonds. The molecular weight excluding hydrogens is 378 g/mol. The molecule has 4 rings (SSSR count). The molecular formula is C20H16ClN5O2. The van der Waals surface area contributed by atoms with Crippen LogP contribution in [0, 0.1) is 0 Å². The molecule has 0 atom stereocenters. The van der Waals surface area contributed by atoms with Crippen molar-refractivity contribution in [3.8, 4) is 0 Å². The van der Waals surface area contributed by atoms with E-state index in [4.69, 9.17) is 11.6 Å². The molecule has 28 heavy (non-hydrogen) atoms. The molecule has 2 heterocycles. The van der Waals surface area contributed by atoms with Crippen molar-refractivity contribution in [1.82, 2.24) is 20.0 Å². The van der Waals surface area contributed by atoms with Gasteiger partial charge in [-0.2, -0.15) is 0 Å². The van der Waals surface area contributed by atoms with Crippen LogP contribution < -0.4 is 16.4 Å². The van der Waals surface area contributed by atoms with E-state index in [0.29, 0.717) is 33.9 Å². The Labute approximate surface area is 165 Å². The Morgan fingerprint density at radius 3 is 2.39 bits per heavy atom. The average molecular weight is 394 g/mol. The third-order valence-electron chi connectivity index (χ3n) is 4.40. The van der Waals surface area contributed by atoms with Gasteiger partial charge in [-0.1, -0.05) is 41.9 Å². The van der Waals surface area contributed by atoms with Crippen molar-refractivity contribution >= 4 is 45.3 Å². The number of carbonyl (C=O) groups excluding carboxylic acids is 1. The first-order chi connectivity index (χ1) is 13.6. The van der Waals surface area contributed by atoms with Crippen LogP contribution in [-0.2, 0) is 6.54 Å². The lowest BCUT2D eigenvalue weighted by molar-refractivity contribution is 0.0963. The first kappa shape index (κ1) is 17.9. The molecule has 0 bridgehead atoms. The predicted octanol–water partition coefficient (Wildman–Crippen LogP) is 3.37. The highest BCUT2D eigenvalue weighted by molar-refractivity contribution is 6.30. The number of hydrazine groups is 1. The number of halogens is 1. The Morgan fingerprint density at radius 2 is 1.68 bits per heavy atom. The minimum atomic E-state index is -0.412. The third kappa shape index (κ3) is 3.16. The molecule has 0 aliphatic rings. The maximum atomic E-state index is 12.8. The highest BCUT2D eigenvalue weighted by atomic mass is 35.5. The molecule has 2 N–H and O–H groups in total. The number of pyridine rings is 1. The second kappa shape index (κ2) is 7.28. The predicted molar refractivity (Wildman–Crippen MR) is 110 cm³/mol. The quantitative estimate of drug-likeness (QED) is 0.410. The normalized spacial score (nSPS) is 10.9. The van der Waals surface area contributed by atoms with Crippen LogP contribution in [-0.4, -0.2) is 20.4 Å². The fraction of sp³-hybridized carbons (Fsp3) is 0.100. The first-order valence-electron chi connectivity index (χ1n) is 8.69. The lowest BCUT2D eigenvalue weighted by Gasteiger charge is -2.14. The maximum absolute atomic E-state index is 12.8. The second-order valence-corrected chi connectivity index (χ2v) is 6.48. The third-order valence-corrected chi connectivity index (χ3v) is 4.59. The van der Waals surface area contributed by atoms with E-state index in [-0.39, 0.29) is 16.7 Å². The molecule has 0 saturated carbocycles. The summed E-state index contributed by atoms with van der Waals surface area (Å²) in [7, 11) is 0. The number of aromatic nitrogens is 3. The van der Waals surface area contributed by atoms with E-state index in [1.807, 2.05) is 19.1 Å². The molecule has 0 unspecified atom stereocenters. The maximum Gasteiger partial charge on any atom is 0.270 e. The van der Waals surface area contributed by atoms with Gasteiger partial charge < -0.3 is 0 Å². The number of hydrogen-bond donors (Lipinski definition) is 2. The van der Waals surface area contributed by atoms with Gasteiger partial charge >= 0.3 is 0 Å². The molecule has 2 aromatic heterocycles. The van der Waals surface area contributed by atoms with E-state index in [1.54, 1.807) is 36.4 Å². The van der Waals surface area contributed by atoms with Gasteiger partial charge in [0.15, 0.2) is 0 Å². The van der Waals surface area contributed by atoms with Crippen LogP contribution >= 0.6 is 11.6 Å². The van der Waals surface area contributed by atoms with Crippen LogP contribution in [0.25, 0.3) is 21.8 Å². The van der Waals surface area contributed by atoms with Crippen LogP contribution in [0.3, 0.4) is 0 Å². The number of anilines is 1. The van der Waals surface area contributed by atoms with E-state index in [2.05, 4.69) is 20.8 Å². The summed E-state index contributed by atoms with van der Waals surface area (Å²) in [6.45, 7) is 2.24. The number of nitrogens with one attached hydrogen (secondary N) is 2. The van der Waals surface area contributed by atoms with Crippen LogP contribution in [0.5, 0.6) is 0 Å². The summed E-state index contributed by atoms with van der Waals surface area (Å²) in [6, 6.07) is 15.8. The largest absolute Gasteiger partial charge is 0.277 e. The Balaban J connectivity index is 1.69. The van der Waals surface area contributed by atoms with Gasteiger partial charge in [0.05, 0.1) is 22.0 Å². The highest BCUT2D eigenvalue weighted by Gasteiger charge is 2.14. The molecule has 0 saturated heterocycles. The number of fused-ring (bicyclic) bond motifs is 2. The van der Waals surface area contributed by atoms with Crippen molar-refractivity contribution in [2.24, 2.45) is 0 Å². The van der Waals surface area contributed by atoms with Gasteiger partial charge in [0.25, 0.3) is 11.5 Å². The molecule has 0 radical (unpaired) electrons. The van der Waals surface area contributed by atoms with Gasteiger partial charge in [0, 0.05) is 11.9 Å². The first-order valence-corrected chi connectivity index (χ1v) is 9.07. The minimum Gasteiger partial charge on any atom is -0.277 e. The van der Waals surface area contributed by atoms with E-state index in [0.717, 1.165) is 0 Å². The number of benzene rings is 2. The standard InChI is InChI=1S/C20H16ClN5O2/c1-2-26-19(28)13-8-4-6-10-16(13)23-20(26)25-24-18(27)14-11-17(21)22-15-9-5-3-7-12(14)15/h3-11H,2H2,1H3,(H,23,25)(H,24,27). The zero-order valence-corrected chi connectivity index (χ0v) is 15.7. The summed E-state index contributed by atoms with van der Waals surface area (Å²) in [5.41, 5.74) is 6.73. The van der Waals surface area contributed by atoms with Crippen LogP contribution in [0.4, 0.5) is 5.95 Å². The fourth-order valence-corrected chi connectivity index (χ4v) is 3.27. The van der Waals surface area contributed by atoms with E-state index < -0.39 is 5.91 Å². The SMILES string of the molecule is CCn1c(NNC(=O)c2cc(Cl)nc3ccccc23)nc2ccccc2c1=O. The van der Waals surface area contributed by atoms with Crippen molar-refractivity contribution in [1.29, 1.82) is 0 Å².